The number of hydrogen-bond donors (Lipinski definition) is 3. The molecule has 6 heteroatoms. The van der Waals surface area contributed by atoms with Gasteiger partial charge >= 0.3 is 5.97 Å². The predicted octanol–water partition coefficient (Wildman–Crippen LogP) is 0.164. The van der Waals surface area contributed by atoms with Crippen molar-refractivity contribution in [1.82, 2.24) is 5.32 Å². The van der Waals surface area contributed by atoms with E-state index in [0.717, 1.165) is 12.8 Å². The number of unbranched alkanes of at least 4 members (excludes halogenated alkanes) is 1. The van der Waals surface area contributed by atoms with E-state index in [1.54, 1.807) is 6.21 Å². The highest BCUT2D eigenvalue weighted by atomic mass is 16.4. The second-order valence-corrected chi connectivity index (χ2v) is 4.72. The van der Waals surface area contributed by atoms with E-state index in [2.05, 4.69) is 10.3 Å². The minimum Gasteiger partial charge on any atom is -0.480 e. The van der Waals surface area contributed by atoms with Gasteiger partial charge in [-0.25, -0.2) is 0 Å². The summed E-state index contributed by atoms with van der Waals surface area (Å²) in [6, 6.07) is -1.06. The molecular weight excluding hydrogens is 234 g/mol. The number of aliphatic carboxylic acids is 1. The number of hydrogen-bond acceptors (Lipinski definition) is 4. The molecule has 0 fully saturated rings. The van der Waals surface area contributed by atoms with Gasteiger partial charge in [-0.15, -0.1) is 0 Å². The summed E-state index contributed by atoms with van der Waals surface area (Å²) in [5.41, 5.74) is 5.37. The van der Waals surface area contributed by atoms with Crippen molar-refractivity contribution in [2.75, 3.05) is 6.54 Å². The first-order valence-corrected chi connectivity index (χ1v) is 6.30. The maximum absolute atomic E-state index is 11.7. The maximum atomic E-state index is 11.7. The predicted molar refractivity (Wildman–Crippen MR) is 68.5 cm³/mol. The Morgan fingerprint density at radius 1 is 1.56 bits per heavy atom. The van der Waals surface area contributed by atoms with E-state index in [0.29, 0.717) is 19.4 Å². The van der Waals surface area contributed by atoms with E-state index in [9.17, 15) is 9.59 Å². The third-order valence-corrected chi connectivity index (χ3v) is 3.11. The molecule has 0 aromatic rings. The van der Waals surface area contributed by atoms with E-state index in [-0.39, 0.29) is 17.9 Å². The number of nitrogens with zero attached hydrogens (tertiary/aromatic N) is 1. The minimum atomic E-state index is -0.979. The molecule has 0 aromatic carbocycles. The number of amides is 1. The summed E-state index contributed by atoms with van der Waals surface area (Å²) in [6.45, 7) is 2.55. The summed E-state index contributed by atoms with van der Waals surface area (Å²) in [4.78, 5) is 26.3. The quantitative estimate of drug-likeness (QED) is 0.564. The van der Waals surface area contributed by atoms with E-state index >= 15 is 0 Å². The summed E-state index contributed by atoms with van der Waals surface area (Å²) < 4.78 is 0. The van der Waals surface area contributed by atoms with E-state index in [4.69, 9.17) is 10.8 Å². The fraction of sp³-hybridized carbons (Fsp3) is 0.750. The van der Waals surface area contributed by atoms with Gasteiger partial charge in [-0.1, -0.05) is 6.92 Å². The second-order valence-electron chi connectivity index (χ2n) is 4.72. The number of carbonyl (C=O) groups excluding carboxylic acids is 1. The zero-order valence-corrected chi connectivity index (χ0v) is 10.6. The van der Waals surface area contributed by atoms with Crippen molar-refractivity contribution >= 4 is 18.1 Å². The first-order valence-electron chi connectivity index (χ1n) is 6.30. The van der Waals surface area contributed by atoms with E-state index in [1.807, 2.05) is 6.92 Å². The monoisotopic (exact) mass is 255 g/mol. The zero-order valence-electron chi connectivity index (χ0n) is 10.6. The van der Waals surface area contributed by atoms with Crippen molar-refractivity contribution < 1.29 is 14.7 Å². The van der Waals surface area contributed by atoms with Crippen LogP contribution >= 0.6 is 0 Å². The summed E-state index contributed by atoms with van der Waals surface area (Å²) >= 11 is 0. The molecule has 4 N–H and O–H groups in total. The van der Waals surface area contributed by atoms with Crippen LogP contribution in [0.1, 0.15) is 32.6 Å². The lowest BCUT2D eigenvalue weighted by Crippen LogP contribution is -2.36. The molecule has 18 heavy (non-hydrogen) atoms. The second kappa shape index (κ2) is 7.10. The number of aliphatic imine (C=N–C) groups is 1. The molecule has 6 nitrogen and oxygen atoms in total. The standard InChI is InChI=1S/C12H21N3O3/c1-8-5-7-14-10(8)11(16)15-6-3-2-4-9(13)12(17)18/h7-10H,2-6,13H2,1H3,(H,15,16)(H,17,18)/t8?,9-,10?/m1/s1. The van der Waals surface area contributed by atoms with Crippen LogP contribution in [0.4, 0.5) is 0 Å². The van der Waals surface area contributed by atoms with Crippen LogP contribution in [-0.4, -0.2) is 41.8 Å². The molecule has 1 amide bonds. The van der Waals surface area contributed by atoms with Gasteiger partial charge in [-0.3, -0.25) is 14.6 Å². The number of carboxylic acid groups (broad SMARTS) is 1. The van der Waals surface area contributed by atoms with Crippen molar-refractivity contribution in [2.45, 2.75) is 44.7 Å². The molecule has 1 heterocycles. The van der Waals surface area contributed by atoms with Crippen LogP contribution in [0.15, 0.2) is 4.99 Å². The lowest BCUT2D eigenvalue weighted by molar-refractivity contribution is -0.138. The van der Waals surface area contributed by atoms with Crippen LogP contribution in [0.5, 0.6) is 0 Å². The summed E-state index contributed by atoms with van der Waals surface area (Å²) in [5, 5.41) is 11.4. The topological polar surface area (TPSA) is 105 Å². The van der Waals surface area contributed by atoms with Gasteiger partial charge in [-0.2, -0.15) is 0 Å². The average Bonchev–Trinajstić information content (AvgIpc) is 2.74. The molecule has 0 spiro atoms. The zero-order chi connectivity index (χ0) is 13.5. The third kappa shape index (κ3) is 4.44. The highest BCUT2D eigenvalue weighted by Crippen LogP contribution is 2.16. The lowest BCUT2D eigenvalue weighted by Gasteiger charge is -2.13. The van der Waals surface area contributed by atoms with Crippen LogP contribution in [0, 0.1) is 5.92 Å². The number of carboxylic acids is 1. The molecule has 0 radical (unpaired) electrons. The van der Waals surface area contributed by atoms with Crippen LogP contribution in [0.25, 0.3) is 0 Å². The van der Waals surface area contributed by atoms with Crippen molar-refractivity contribution in [2.24, 2.45) is 16.6 Å². The van der Waals surface area contributed by atoms with Gasteiger partial charge in [0, 0.05) is 12.8 Å². The van der Waals surface area contributed by atoms with Crippen molar-refractivity contribution in [3.05, 3.63) is 0 Å². The molecule has 0 saturated carbocycles. The van der Waals surface area contributed by atoms with E-state index < -0.39 is 12.0 Å². The molecule has 0 bridgehead atoms. The van der Waals surface area contributed by atoms with Gasteiger partial charge in [0.15, 0.2) is 0 Å². The van der Waals surface area contributed by atoms with Crippen LogP contribution in [0.3, 0.4) is 0 Å². The highest BCUT2D eigenvalue weighted by Gasteiger charge is 2.26. The highest BCUT2D eigenvalue weighted by molar-refractivity contribution is 5.85. The summed E-state index contributed by atoms with van der Waals surface area (Å²) in [5.74, 6) is -0.752. The Kier molecular flexibility index (Phi) is 5.77. The molecule has 0 aliphatic carbocycles. The van der Waals surface area contributed by atoms with Gasteiger partial charge in [0.25, 0.3) is 0 Å². The maximum Gasteiger partial charge on any atom is 0.320 e. The van der Waals surface area contributed by atoms with Crippen LogP contribution < -0.4 is 11.1 Å². The Morgan fingerprint density at radius 3 is 2.83 bits per heavy atom. The fourth-order valence-corrected chi connectivity index (χ4v) is 1.87. The van der Waals surface area contributed by atoms with Gasteiger partial charge in [0.1, 0.15) is 12.1 Å². The number of nitrogens with one attached hydrogen (secondary N) is 1. The van der Waals surface area contributed by atoms with Gasteiger partial charge < -0.3 is 16.2 Å². The summed E-state index contributed by atoms with van der Waals surface area (Å²) in [6.07, 6.45) is 4.50. The van der Waals surface area contributed by atoms with Crippen LogP contribution in [0.2, 0.25) is 0 Å². The molecule has 102 valence electrons. The number of nitrogens with two attached hydrogens (primary N) is 1. The molecule has 1 rings (SSSR count). The first kappa shape index (κ1) is 14.6. The first-order chi connectivity index (χ1) is 8.52. The normalized spacial score (nSPS) is 23.9. The molecule has 1 aliphatic heterocycles. The Morgan fingerprint density at radius 2 is 2.28 bits per heavy atom. The van der Waals surface area contributed by atoms with Crippen molar-refractivity contribution in [1.29, 1.82) is 0 Å². The van der Waals surface area contributed by atoms with Crippen molar-refractivity contribution in [3.8, 4) is 0 Å². The number of carbonyl (C=O) groups is 2. The molecular formula is C12H21N3O3. The van der Waals surface area contributed by atoms with Crippen LogP contribution in [-0.2, 0) is 9.59 Å². The van der Waals surface area contributed by atoms with Gasteiger partial charge in [-0.05, 0) is 31.6 Å². The molecule has 1 aliphatic rings. The van der Waals surface area contributed by atoms with Crippen molar-refractivity contribution in [3.63, 3.8) is 0 Å². The Bertz CT molecular complexity index is 331. The Balaban J connectivity index is 2.09. The lowest BCUT2D eigenvalue weighted by atomic mass is 10.0. The largest absolute Gasteiger partial charge is 0.480 e. The molecule has 0 saturated heterocycles. The van der Waals surface area contributed by atoms with Gasteiger partial charge in [0.05, 0.1) is 0 Å². The average molecular weight is 255 g/mol. The SMILES string of the molecule is CC1CC=NC1C(=O)NCCCC[C@@H](N)C(=O)O. The molecule has 0 aromatic heterocycles. The molecule has 2 unspecified atom stereocenters. The van der Waals surface area contributed by atoms with E-state index in [1.165, 1.54) is 0 Å². The smallest absolute Gasteiger partial charge is 0.320 e. The number of rotatable bonds is 7. The molecule has 3 atom stereocenters. The third-order valence-electron chi connectivity index (χ3n) is 3.11. The fourth-order valence-electron chi connectivity index (χ4n) is 1.87. The van der Waals surface area contributed by atoms with Gasteiger partial charge in [0.2, 0.25) is 5.91 Å². The summed E-state index contributed by atoms with van der Waals surface area (Å²) in [7, 11) is 0. The Hall–Kier alpha value is -1.43. The minimum absolute atomic E-state index is 0.0428. The Labute approximate surface area is 107 Å².